The third-order valence-corrected chi connectivity index (χ3v) is 6.00. The molecular formula is C13H27N3O2S2. The fraction of sp³-hybridized carbons (Fsp3) is 0.923. The van der Waals surface area contributed by atoms with Crippen molar-refractivity contribution in [3.63, 3.8) is 0 Å². The van der Waals surface area contributed by atoms with Gasteiger partial charge in [-0.05, 0) is 32.9 Å². The van der Waals surface area contributed by atoms with E-state index in [1.807, 2.05) is 0 Å². The van der Waals surface area contributed by atoms with Crippen molar-refractivity contribution in [3.05, 3.63) is 0 Å². The Balaban J connectivity index is 2.43. The molecule has 0 saturated heterocycles. The number of sulfone groups is 1. The minimum absolute atomic E-state index is 0.0831. The van der Waals surface area contributed by atoms with E-state index in [2.05, 4.69) is 35.7 Å². The smallest absolute Gasteiger partial charge is 0.191 e. The zero-order chi connectivity index (χ0) is 15.4. The Morgan fingerprint density at radius 1 is 1.35 bits per heavy atom. The maximum Gasteiger partial charge on any atom is 0.191 e. The van der Waals surface area contributed by atoms with E-state index in [-0.39, 0.29) is 15.9 Å². The lowest BCUT2D eigenvalue weighted by molar-refractivity contribution is 0.528. The lowest BCUT2D eigenvalue weighted by Crippen LogP contribution is -2.45. The van der Waals surface area contributed by atoms with E-state index in [0.29, 0.717) is 6.54 Å². The lowest BCUT2D eigenvalue weighted by Gasteiger charge is -2.24. The van der Waals surface area contributed by atoms with Gasteiger partial charge in [0.05, 0.1) is 5.75 Å². The van der Waals surface area contributed by atoms with E-state index in [1.54, 1.807) is 18.8 Å². The van der Waals surface area contributed by atoms with Crippen molar-refractivity contribution >= 4 is 27.6 Å². The summed E-state index contributed by atoms with van der Waals surface area (Å²) in [7, 11) is -1.18. The van der Waals surface area contributed by atoms with Crippen LogP contribution in [-0.2, 0) is 9.84 Å². The SMILES string of the molecule is CN=C(NCC1(CS(C)(=O)=O)CC1)NCC(C)(C)SC. The summed E-state index contributed by atoms with van der Waals surface area (Å²) in [5, 5.41) is 6.55. The number of nitrogens with zero attached hydrogens (tertiary/aromatic N) is 1. The van der Waals surface area contributed by atoms with Crippen LogP contribution in [0.5, 0.6) is 0 Å². The van der Waals surface area contributed by atoms with Crippen LogP contribution in [0, 0.1) is 5.41 Å². The largest absolute Gasteiger partial charge is 0.356 e. The Morgan fingerprint density at radius 3 is 2.35 bits per heavy atom. The molecule has 1 aliphatic carbocycles. The third-order valence-electron chi connectivity index (χ3n) is 3.61. The molecule has 0 aromatic carbocycles. The van der Waals surface area contributed by atoms with Gasteiger partial charge in [-0.1, -0.05) is 0 Å². The summed E-state index contributed by atoms with van der Waals surface area (Å²) >= 11 is 1.80. The summed E-state index contributed by atoms with van der Waals surface area (Å²) in [5.74, 6) is 1.01. The first-order chi connectivity index (χ1) is 9.11. The molecule has 118 valence electrons. The first-order valence-corrected chi connectivity index (χ1v) is 10.1. The maximum atomic E-state index is 11.4. The van der Waals surface area contributed by atoms with Crippen molar-refractivity contribution in [3.8, 4) is 0 Å². The molecular weight excluding hydrogens is 294 g/mol. The average molecular weight is 322 g/mol. The molecule has 7 heteroatoms. The van der Waals surface area contributed by atoms with Gasteiger partial charge in [0.25, 0.3) is 0 Å². The van der Waals surface area contributed by atoms with Gasteiger partial charge in [0.15, 0.2) is 5.96 Å². The molecule has 1 saturated carbocycles. The number of hydrogen-bond donors (Lipinski definition) is 2. The normalized spacial score (nSPS) is 18.8. The van der Waals surface area contributed by atoms with Crippen LogP contribution in [0.15, 0.2) is 4.99 Å². The van der Waals surface area contributed by atoms with Gasteiger partial charge in [0.1, 0.15) is 9.84 Å². The molecule has 0 bridgehead atoms. The molecule has 0 aromatic rings. The van der Waals surface area contributed by atoms with Crippen LogP contribution in [0.4, 0.5) is 0 Å². The third kappa shape index (κ3) is 6.35. The van der Waals surface area contributed by atoms with Gasteiger partial charge in [-0.25, -0.2) is 8.42 Å². The van der Waals surface area contributed by atoms with Crippen molar-refractivity contribution in [2.45, 2.75) is 31.4 Å². The molecule has 0 radical (unpaired) electrons. The minimum Gasteiger partial charge on any atom is -0.356 e. The van der Waals surface area contributed by atoms with Crippen LogP contribution >= 0.6 is 11.8 Å². The standard InChI is InChI=1S/C13H27N3O2S2/c1-12(2,19-4)8-15-11(14-3)16-9-13(6-7-13)10-20(5,17)18/h6-10H2,1-5H3,(H2,14,15,16). The molecule has 1 fully saturated rings. The second-order valence-corrected chi connectivity index (χ2v) is 9.97. The molecule has 0 atom stereocenters. The topological polar surface area (TPSA) is 70.6 Å². The number of guanidine groups is 1. The fourth-order valence-corrected chi connectivity index (χ4v) is 3.69. The first kappa shape index (κ1) is 17.6. The molecule has 0 unspecified atom stereocenters. The minimum atomic E-state index is -2.92. The zero-order valence-corrected chi connectivity index (χ0v) is 14.7. The van der Waals surface area contributed by atoms with Crippen LogP contribution in [0.1, 0.15) is 26.7 Å². The van der Waals surface area contributed by atoms with Crippen LogP contribution in [0.25, 0.3) is 0 Å². The maximum absolute atomic E-state index is 11.4. The molecule has 1 rings (SSSR count). The van der Waals surface area contributed by atoms with Crippen LogP contribution in [0.3, 0.4) is 0 Å². The molecule has 0 aliphatic heterocycles. The van der Waals surface area contributed by atoms with Crippen LogP contribution in [0.2, 0.25) is 0 Å². The summed E-state index contributed by atoms with van der Waals surface area (Å²) in [6, 6.07) is 0. The Morgan fingerprint density at radius 2 is 1.95 bits per heavy atom. The van der Waals surface area contributed by atoms with Gasteiger partial charge in [0.2, 0.25) is 0 Å². The summed E-state index contributed by atoms with van der Waals surface area (Å²) in [4.78, 5) is 4.19. The highest BCUT2D eigenvalue weighted by atomic mass is 32.2. The second kappa shape index (κ2) is 6.56. The van der Waals surface area contributed by atoms with Gasteiger partial charge >= 0.3 is 0 Å². The van der Waals surface area contributed by atoms with Gasteiger partial charge < -0.3 is 10.6 Å². The van der Waals surface area contributed by atoms with E-state index in [4.69, 9.17) is 0 Å². The Hall–Kier alpha value is -0.430. The number of nitrogens with one attached hydrogen (secondary N) is 2. The Bertz CT molecular complexity index is 454. The van der Waals surface area contributed by atoms with E-state index >= 15 is 0 Å². The summed E-state index contributed by atoms with van der Waals surface area (Å²) < 4.78 is 23.0. The van der Waals surface area contributed by atoms with Gasteiger partial charge in [-0.3, -0.25) is 4.99 Å². The molecule has 0 aromatic heterocycles. The van der Waals surface area contributed by atoms with E-state index < -0.39 is 9.84 Å². The monoisotopic (exact) mass is 321 g/mol. The predicted molar refractivity (Wildman–Crippen MR) is 88.3 cm³/mol. The molecule has 5 nitrogen and oxygen atoms in total. The van der Waals surface area contributed by atoms with Gasteiger partial charge in [-0.15, -0.1) is 0 Å². The Kier molecular flexibility index (Phi) is 5.78. The molecule has 0 heterocycles. The number of thioether (sulfide) groups is 1. The van der Waals surface area contributed by atoms with Gasteiger partial charge in [-0.2, -0.15) is 11.8 Å². The number of rotatable bonds is 7. The fourth-order valence-electron chi connectivity index (χ4n) is 1.97. The average Bonchev–Trinajstić information content (AvgIpc) is 3.07. The summed E-state index contributed by atoms with van der Waals surface area (Å²) in [6.07, 6.45) is 5.34. The number of hydrogen-bond acceptors (Lipinski definition) is 4. The van der Waals surface area contributed by atoms with Crippen LogP contribution in [-0.4, -0.2) is 57.5 Å². The zero-order valence-electron chi connectivity index (χ0n) is 13.1. The van der Waals surface area contributed by atoms with Crippen molar-refractivity contribution in [1.29, 1.82) is 0 Å². The van der Waals surface area contributed by atoms with Crippen molar-refractivity contribution in [1.82, 2.24) is 10.6 Å². The molecule has 0 spiro atoms. The molecule has 20 heavy (non-hydrogen) atoms. The van der Waals surface area contributed by atoms with Crippen LogP contribution < -0.4 is 10.6 Å². The predicted octanol–water partition coefficient (Wildman–Crippen LogP) is 1.12. The lowest BCUT2D eigenvalue weighted by atomic mass is 10.1. The Labute approximate surface area is 127 Å². The quantitative estimate of drug-likeness (QED) is 0.543. The highest BCUT2D eigenvalue weighted by molar-refractivity contribution is 7.99. The number of aliphatic imine (C=N–C) groups is 1. The van der Waals surface area contributed by atoms with Crippen molar-refractivity contribution in [2.24, 2.45) is 10.4 Å². The molecule has 0 amide bonds. The van der Waals surface area contributed by atoms with Gasteiger partial charge in [0, 0.05) is 36.6 Å². The highest BCUT2D eigenvalue weighted by Gasteiger charge is 2.45. The first-order valence-electron chi connectivity index (χ1n) is 6.79. The molecule has 1 aliphatic rings. The van der Waals surface area contributed by atoms with E-state index in [9.17, 15) is 8.42 Å². The second-order valence-electron chi connectivity index (χ2n) is 6.31. The van der Waals surface area contributed by atoms with E-state index in [0.717, 1.165) is 25.3 Å². The van der Waals surface area contributed by atoms with Crippen molar-refractivity contribution in [2.75, 3.05) is 38.4 Å². The van der Waals surface area contributed by atoms with Crippen molar-refractivity contribution < 1.29 is 8.42 Å². The summed E-state index contributed by atoms with van der Waals surface area (Å²) in [6.45, 7) is 5.82. The highest BCUT2D eigenvalue weighted by Crippen LogP contribution is 2.45. The molecule has 2 N–H and O–H groups in total. The summed E-state index contributed by atoms with van der Waals surface area (Å²) in [5.41, 5.74) is -0.0831. The van der Waals surface area contributed by atoms with E-state index in [1.165, 1.54) is 6.26 Å².